The van der Waals surface area contributed by atoms with Crippen molar-refractivity contribution >= 4 is 23.2 Å². The van der Waals surface area contributed by atoms with E-state index in [1.54, 1.807) is 12.5 Å². The van der Waals surface area contributed by atoms with Crippen molar-refractivity contribution in [3.63, 3.8) is 0 Å². The first-order valence-corrected chi connectivity index (χ1v) is 9.13. The lowest BCUT2D eigenvalue weighted by molar-refractivity contribution is -0.121. The number of ether oxygens (including phenoxy) is 1. The molecule has 0 spiro atoms. The average molecular weight is 361 g/mol. The predicted octanol–water partition coefficient (Wildman–Crippen LogP) is 2.89. The topological polar surface area (TPSA) is 80.3 Å². The van der Waals surface area contributed by atoms with E-state index in [4.69, 9.17) is 4.74 Å². The van der Waals surface area contributed by atoms with E-state index in [0.717, 1.165) is 24.2 Å². The molecule has 0 saturated heterocycles. The molecule has 2 aromatic rings. The molecular formula is C18H23N3O3S. The molecule has 1 aromatic heterocycles. The second-order valence-corrected chi connectivity index (χ2v) is 6.44. The van der Waals surface area contributed by atoms with Gasteiger partial charge in [0.05, 0.1) is 13.7 Å². The van der Waals surface area contributed by atoms with E-state index in [-0.39, 0.29) is 11.8 Å². The first-order chi connectivity index (χ1) is 12.1. The minimum absolute atomic E-state index is 0.0132. The summed E-state index contributed by atoms with van der Waals surface area (Å²) in [4.78, 5) is 28.1. The standard InChI is InChI=1S/C18H23N3O3S/c1-3-4-9-16(22)19-11-17-21-14(12-25-17)18(23)20-10-13-7-5-6-8-15(13)24-2/h5-8,12H,3-4,9-11H2,1-2H3,(H,19,22)(H,20,23). The summed E-state index contributed by atoms with van der Waals surface area (Å²) in [6.07, 6.45) is 2.38. The van der Waals surface area contributed by atoms with Crippen molar-refractivity contribution in [3.8, 4) is 5.75 Å². The van der Waals surface area contributed by atoms with E-state index >= 15 is 0 Å². The van der Waals surface area contributed by atoms with Gasteiger partial charge in [-0.2, -0.15) is 0 Å². The third-order valence-corrected chi connectivity index (χ3v) is 4.46. The van der Waals surface area contributed by atoms with Gasteiger partial charge in [-0.05, 0) is 12.5 Å². The minimum Gasteiger partial charge on any atom is -0.496 e. The maximum Gasteiger partial charge on any atom is 0.271 e. The normalized spacial score (nSPS) is 10.3. The van der Waals surface area contributed by atoms with Crippen LogP contribution in [0.3, 0.4) is 0 Å². The SMILES string of the molecule is CCCCC(=O)NCc1nc(C(=O)NCc2ccccc2OC)cs1. The number of para-hydroxylation sites is 1. The molecule has 134 valence electrons. The number of amides is 2. The highest BCUT2D eigenvalue weighted by atomic mass is 32.1. The number of unbranched alkanes of at least 4 members (excludes halogenated alkanes) is 1. The van der Waals surface area contributed by atoms with Crippen LogP contribution in [0.15, 0.2) is 29.6 Å². The van der Waals surface area contributed by atoms with Crippen LogP contribution in [0.25, 0.3) is 0 Å². The van der Waals surface area contributed by atoms with Crippen LogP contribution in [0, 0.1) is 0 Å². The second-order valence-electron chi connectivity index (χ2n) is 5.50. The summed E-state index contributed by atoms with van der Waals surface area (Å²) >= 11 is 1.36. The molecule has 1 heterocycles. The molecule has 0 radical (unpaired) electrons. The molecule has 0 aliphatic carbocycles. The van der Waals surface area contributed by atoms with Crippen LogP contribution in [0.5, 0.6) is 5.75 Å². The Kier molecular flexibility index (Phi) is 7.40. The van der Waals surface area contributed by atoms with Crippen molar-refractivity contribution in [2.24, 2.45) is 0 Å². The maximum absolute atomic E-state index is 12.2. The lowest BCUT2D eigenvalue weighted by Gasteiger charge is -2.08. The number of hydrogen-bond acceptors (Lipinski definition) is 5. The summed E-state index contributed by atoms with van der Waals surface area (Å²) in [6, 6.07) is 7.53. The molecule has 6 nitrogen and oxygen atoms in total. The Balaban J connectivity index is 1.84. The molecular weight excluding hydrogens is 338 g/mol. The quantitative estimate of drug-likeness (QED) is 0.720. The molecule has 0 aliphatic heterocycles. The molecule has 7 heteroatoms. The van der Waals surface area contributed by atoms with Gasteiger partial charge in [-0.3, -0.25) is 9.59 Å². The summed E-state index contributed by atoms with van der Waals surface area (Å²) in [5.41, 5.74) is 1.26. The van der Waals surface area contributed by atoms with E-state index in [1.165, 1.54) is 11.3 Å². The fraction of sp³-hybridized carbons (Fsp3) is 0.389. The fourth-order valence-electron chi connectivity index (χ4n) is 2.21. The van der Waals surface area contributed by atoms with Gasteiger partial charge in [0.15, 0.2) is 0 Å². The van der Waals surface area contributed by atoms with Gasteiger partial charge in [-0.1, -0.05) is 31.5 Å². The smallest absolute Gasteiger partial charge is 0.271 e. The summed E-state index contributed by atoms with van der Waals surface area (Å²) < 4.78 is 5.26. The summed E-state index contributed by atoms with van der Waals surface area (Å²) in [7, 11) is 1.60. The molecule has 2 N–H and O–H groups in total. The Labute approximate surface area is 151 Å². The Hall–Kier alpha value is -2.41. The third kappa shape index (κ3) is 5.86. The van der Waals surface area contributed by atoms with Gasteiger partial charge < -0.3 is 15.4 Å². The zero-order valence-corrected chi connectivity index (χ0v) is 15.3. The zero-order valence-electron chi connectivity index (χ0n) is 14.5. The van der Waals surface area contributed by atoms with Crippen LogP contribution in [0.4, 0.5) is 0 Å². The van der Waals surface area contributed by atoms with Crippen LogP contribution in [0.2, 0.25) is 0 Å². The van der Waals surface area contributed by atoms with E-state index in [2.05, 4.69) is 15.6 Å². The second kappa shape index (κ2) is 9.78. The number of nitrogens with one attached hydrogen (secondary N) is 2. The molecule has 1 aromatic carbocycles. The Bertz CT molecular complexity index is 715. The largest absolute Gasteiger partial charge is 0.496 e. The van der Waals surface area contributed by atoms with Gasteiger partial charge in [0.25, 0.3) is 5.91 Å². The molecule has 25 heavy (non-hydrogen) atoms. The molecule has 0 aliphatic rings. The molecule has 2 rings (SSSR count). The lowest BCUT2D eigenvalue weighted by atomic mass is 10.2. The van der Waals surface area contributed by atoms with Crippen LogP contribution in [-0.4, -0.2) is 23.9 Å². The fourth-order valence-corrected chi connectivity index (χ4v) is 2.93. The van der Waals surface area contributed by atoms with Crippen molar-refractivity contribution in [1.29, 1.82) is 0 Å². The average Bonchev–Trinajstić information content (AvgIpc) is 3.12. The Morgan fingerprint density at radius 1 is 1.20 bits per heavy atom. The number of methoxy groups -OCH3 is 1. The molecule has 0 atom stereocenters. The van der Waals surface area contributed by atoms with Gasteiger partial charge in [-0.25, -0.2) is 4.98 Å². The van der Waals surface area contributed by atoms with Gasteiger partial charge >= 0.3 is 0 Å². The van der Waals surface area contributed by atoms with Gasteiger partial charge in [0.2, 0.25) is 5.91 Å². The number of rotatable bonds is 9. The van der Waals surface area contributed by atoms with E-state index in [0.29, 0.717) is 30.2 Å². The number of thiazole rings is 1. The molecule has 2 amide bonds. The number of hydrogen-bond donors (Lipinski definition) is 2. The van der Waals surface area contributed by atoms with Crippen molar-refractivity contribution in [2.45, 2.75) is 39.3 Å². The van der Waals surface area contributed by atoms with Crippen LogP contribution >= 0.6 is 11.3 Å². The Morgan fingerprint density at radius 3 is 2.76 bits per heavy atom. The van der Waals surface area contributed by atoms with E-state index < -0.39 is 0 Å². The molecule has 0 fully saturated rings. The maximum atomic E-state index is 12.2. The van der Waals surface area contributed by atoms with Crippen LogP contribution < -0.4 is 15.4 Å². The van der Waals surface area contributed by atoms with Gasteiger partial charge in [0, 0.05) is 23.9 Å². The van der Waals surface area contributed by atoms with Gasteiger partial charge in [-0.15, -0.1) is 11.3 Å². The third-order valence-electron chi connectivity index (χ3n) is 3.61. The summed E-state index contributed by atoms with van der Waals surface area (Å²) in [5, 5.41) is 8.07. The van der Waals surface area contributed by atoms with Crippen molar-refractivity contribution in [1.82, 2.24) is 15.6 Å². The van der Waals surface area contributed by atoms with E-state index in [9.17, 15) is 9.59 Å². The molecule has 0 bridgehead atoms. The van der Waals surface area contributed by atoms with E-state index in [1.807, 2.05) is 31.2 Å². The number of aromatic nitrogens is 1. The first kappa shape index (κ1) is 18.9. The minimum atomic E-state index is -0.245. The number of benzene rings is 1. The number of carbonyl (C=O) groups is 2. The Morgan fingerprint density at radius 2 is 2.00 bits per heavy atom. The number of nitrogens with zero attached hydrogens (tertiary/aromatic N) is 1. The highest BCUT2D eigenvalue weighted by Crippen LogP contribution is 2.17. The lowest BCUT2D eigenvalue weighted by Crippen LogP contribution is -2.24. The van der Waals surface area contributed by atoms with Crippen molar-refractivity contribution in [3.05, 3.63) is 45.9 Å². The van der Waals surface area contributed by atoms with Crippen molar-refractivity contribution < 1.29 is 14.3 Å². The molecule has 0 saturated carbocycles. The first-order valence-electron chi connectivity index (χ1n) is 8.25. The highest BCUT2D eigenvalue weighted by Gasteiger charge is 2.12. The van der Waals surface area contributed by atoms with Crippen LogP contribution in [-0.2, 0) is 17.9 Å². The zero-order chi connectivity index (χ0) is 18.1. The van der Waals surface area contributed by atoms with Crippen molar-refractivity contribution in [2.75, 3.05) is 7.11 Å². The van der Waals surface area contributed by atoms with Gasteiger partial charge in [0.1, 0.15) is 16.5 Å². The number of carbonyl (C=O) groups excluding carboxylic acids is 2. The predicted molar refractivity (Wildman–Crippen MR) is 97.6 cm³/mol. The monoisotopic (exact) mass is 361 g/mol. The van der Waals surface area contributed by atoms with Crippen LogP contribution in [0.1, 0.15) is 47.2 Å². The molecule has 0 unspecified atom stereocenters. The summed E-state index contributed by atoms with van der Waals surface area (Å²) in [6.45, 7) is 2.76. The highest BCUT2D eigenvalue weighted by molar-refractivity contribution is 7.09. The summed E-state index contributed by atoms with van der Waals surface area (Å²) in [5.74, 6) is 0.501.